The van der Waals surface area contributed by atoms with Crippen molar-refractivity contribution in [3.05, 3.63) is 4.91 Å². The molecule has 0 aromatic heterocycles. The Kier molecular flexibility index (Phi) is 5.44. The Balaban J connectivity index is 1.76. The second-order valence-corrected chi connectivity index (χ2v) is 7.68. The molecule has 0 bridgehead atoms. The molecule has 5 atom stereocenters. The van der Waals surface area contributed by atoms with Crippen LogP contribution in [-0.2, 0) is 23.7 Å². The van der Waals surface area contributed by atoms with Gasteiger partial charge < -0.3 is 29.0 Å². The lowest BCUT2D eigenvalue weighted by molar-refractivity contribution is -0.223. The van der Waals surface area contributed by atoms with Crippen molar-refractivity contribution in [1.82, 2.24) is 10.3 Å². The van der Waals surface area contributed by atoms with Crippen LogP contribution in [0.3, 0.4) is 0 Å². The first-order valence-corrected chi connectivity index (χ1v) is 8.99. The van der Waals surface area contributed by atoms with Crippen molar-refractivity contribution >= 4 is 17.6 Å². The van der Waals surface area contributed by atoms with Crippen LogP contribution in [0.2, 0.25) is 0 Å². The average molecular weight is 394 g/mol. The molecule has 26 heavy (non-hydrogen) atoms. The van der Waals surface area contributed by atoms with Crippen LogP contribution in [-0.4, -0.2) is 72.3 Å². The van der Waals surface area contributed by atoms with Gasteiger partial charge in [0.15, 0.2) is 17.9 Å². The summed E-state index contributed by atoms with van der Waals surface area (Å²) in [5.41, 5.74) is 0. The van der Waals surface area contributed by atoms with Gasteiger partial charge in [0.25, 0.3) is 0 Å². The molecule has 0 unspecified atom stereocenters. The summed E-state index contributed by atoms with van der Waals surface area (Å²) in [5.74, 6) is -1.53. The number of nitrogens with zero attached hydrogens (tertiary/aromatic N) is 2. The minimum atomic E-state index is -0.853. The number of urea groups is 1. The zero-order valence-electron chi connectivity index (χ0n) is 15.1. The lowest BCUT2D eigenvalue weighted by Crippen LogP contribution is -2.55. The van der Waals surface area contributed by atoms with Crippen LogP contribution in [0, 0.1) is 4.91 Å². The quantitative estimate of drug-likeness (QED) is 0.426. The molecule has 0 saturated carbocycles. The Hall–Kier alpha value is -1.04. The Bertz CT molecular complexity index is 561. The number of carbonyl (C=O) groups is 1. The number of alkyl halides is 1. The second kappa shape index (κ2) is 7.17. The molecule has 10 nitrogen and oxygen atoms in total. The van der Waals surface area contributed by atoms with E-state index in [1.54, 1.807) is 27.7 Å². The molecule has 3 saturated heterocycles. The van der Waals surface area contributed by atoms with Gasteiger partial charge in [0.1, 0.15) is 18.3 Å². The van der Waals surface area contributed by atoms with E-state index in [1.165, 1.54) is 0 Å². The van der Waals surface area contributed by atoms with Crippen molar-refractivity contribution in [2.75, 3.05) is 19.0 Å². The minimum Gasteiger partial charge on any atom is -0.348 e. The minimum absolute atomic E-state index is 0.0118. The SMILES string of the molecule is CC1(C)O[C@H]2O[C@H]([C@H]3COC(C)(C)O3)[C@@H](NC(=O)N(CCCl)N=O)[C@H]2O1. The van der Waals surface area contributed by atoms with Crippen LogP contribution < -0.4 is 5.32 Å². The predicted octanol–water partition coefficient (Wildman–Crippen LogP) is 1.31. The van der Waals surface area contributed by atoms with E-state index in [0.29, 0.717) is 11.6 Å². The third-order valence-electron chi connectivity index (χ3n) is 4.40. The van der Waals surface area contributed by atoms with Crippen LogP contribution in [0.4, 0.5) is 4.79 Å². The Morgan fingerprint density at radius 2 is 1.92 bits per heavy atom. The molecule has 3 heterocycles. The summed E-state index contributed by atoms with van der Waals surface area (Å²) < 4.78 is 29.1. The normalized spacial score (nSPS) is 37.3. The fourth-order valence-electron chi connectivity index (χ4n) is 3.37. The fraction of sp³-hybridized carbons (Fsp3) is 0.933. The summed E-state index contributed by atoms with van der Waals surface area (Å²) in [6.45, 7) is 7.39. The molecule has 148 valence electrons. The fourth-order valence-corrected chi connectivity index (χ4v) is 3.53. The largest absolute Gasteiger partial charge is 0.348 e. The topological polar surface area (TPSA) is 108 Å². The van der Waals surface area contributed by atoms with Crippen LogP contribution in [0.5, 0.6) is 0 Å². The number of nitrogens with one attached hydrogen (secondary N) is 1. The monoisotopic (exact) mass is 393 g/mol. The van der Waals surface area contributed by atoms with Crippen molar-refractivity contribution in [2.45, 2.75) is 69.9 Å². The molecule has 0 aromatic carbocycles. The summed E-state index contributed by atoms with van der Waals surface area (Å²) in [6.07, 6.45) is -2.23. The van der Waals surface area contributed by atoms with Crippen molar-refractivity contribution in [2.24, 2.45) is 5.29 Å². The summed E-state index contributed by atoms with van der Waals surface area (Å²) in [6, 6.07) is -1.30. The number of fused-ring (bicyclic) bond motifs is 1. The number of nitroso groups, excluding NO2 is 1. The van der Waals surface area contributed by atoms with Gasteiger partial charge in [-0.05, 0) is 27.7 Å². The smallest absolute Gasteiger partial charge is 0.340 e. The van der Waals surface area contributed by atoms with Crippen molar-refractivity contribution in [3.63, 3.8) is 0 Å². The predicted molar refractivity (Wildman–Crippen MR) is 89.1 cm³/mol. The van der Waals surface area contributed by atoms with E-state index in [9.17, 15) is 9.70 Å². The molecule has 3 rings (SSSR count). The molecule has 2 amide bonds. The molecular weight excluding hydrogens is 370 g/mol. The van der Waals surface area contributed by atoms with Crippen LogP contribution >= 0.6 is 11.6 Å². The van der Waals surface area contributed by atoms with E-state index >= 15 is 0 Å². The van der Waals surface area contributed by atoms with Crippen LogP contribution in [0.25, 0.3) is 0 Å². The van der Waals surface area contributed by atoms with E-state index in [2.05, 4.69) is 10.6 Å². The van der Waals surface area contributed by atoms with E-state index in [4.69, 9.17) is 35.3 Å². The molecule has 3 fully saturated rings. The van der Waals surface area contributed by atoms with Gasteiger partial charge in [0, 0.05) is 5.88 Å². The summed E-state index contributed by atoms with van der Waals surface area (Å²) in [5, 5.41) is 6.16. The maximum absolute atomic E-state index is 12.4. The maximum Gasteiger partial charge on any atom is 0.340 e. The number of hydrogen-bond acceptors (Lipinski definition) is 8. The van der Waals surface area contributed by atoms with Crippen LogP contribution in [0.15, 0.2) is 5.29 Å². The van der Waals surface area contributed by atoms with E-state index in [-0.39, 0.29) is 12.4 Å². The third kappa shape index (κ3) is 3.95. The number of ether oxygens (including phenoxy) is 5. The first-order valence-electron chi connectivity index (χ1n) is 8.46. The van der Waals surface area contributed by atoms with Gasteiger partial charge in [0.05, 0.1) is 24.5 Å². The molecule has 1 N–H and O–H groups in total. The van der Waals surface area contributed by atoms with Gasteiger partial charge in [-0.1, -0.05) is 0 Å². The molecule has 11 heteroatoms. The Labute approximate surface area is 156 Å². The first-order chi connectivity index (χ1) is 12.2. The zero-order valence-corrected chi connectivity index (χ0v) is 15.9. The molecule has 0 radical (unpaired) electrons. The van der Waals surface area contributed by atoms with Crippen LogP contribution in [0.1, 0.15) is 27.7 Å². The third-order valence-corrected chi connectivity index (χ3v) is 4.57. The number of hydrogen-bond donors (Lipinski definition) is 1. The molecule has 3 aliphatic heterocycles. The number of carbonyl (C=O) groups excluding carboxylic acids is 1. The molecule has 0 aromatic rings. The zero-order chi connectivity index (χ0) is 19.1. The highest BCUT2D eigenvalue weighted by Crippen LogP contribution is 2.40. The number of halogens is 1. The number of amides is 2. The van der Waals surface area contributed by atoms with Crippen molar-refractivity contribution in [3.8, 4) is 0 Å². The second-order valence-electron chi connectivity index (χ2n) is 7.31. The van der Waals surface area contributed by atoms with Gasteiger partial charge in [-0.15, -0.1) is 16.5 Å². The number of rotatable bonds is 5. The highest BCUT2D eigenvalue weighted by Gasteiger charge is 2.58. The van der Waals surface area contributed by atoms with Crippen molar-refractivity contribution in [1.29, 1.82) is 0 Å². The maximum atomic E-state index is 12.4. The van der Waals surface area contributed by atoms with E-state index in [1.807, 2.05) is 0 Å². The van der Waals surface area contributed by atoms with Crippen molar-refractivity contribution < 1.29 is 28.5 Å². The average Bonchev–Trinajstić information content (AvgIpc) is 3.15. The highest BCUT2D eigenvalue weighted by molar-refractivity contribution is 6.18. The van der Waals surface area contributed by atoms with Gasteiger partial charge >= 0.3 is 6.03 Å². The molecule has 3 aliphatic rings. The van der Waals surface area contributed by atoms with E-state index in [0.717, 1.165) is 0 Å². The van der Waals surface area contributed by atoms with Gasteiger partial charge in [0.2, 0.25) is 0 Å². The Morgan fingerprint density at radius 1 is 1.19 bits per heavy atom. The molecule has 0 aliphatic carbocycles. The first kappa shape index (κ1) is 19.7. The van der Waals surface area contributed by atoms with Gasteiger partial charge in [-0.2, -0.15) is 5.01 Å². The standard InChI is InChI=1S/C15H24ClN3O7/c1-14(2)22-7-8(24-14)10-9(17-13(20)19(18-21)6-5-16)11-12(23-10)26-15(3,4)25-11/h8-12H,5-7H2,1-4H3,(H,17,20)/t8-,9-,10-,11-,12-/m1/s1. The van der Waals surface area contributed by atoms with Gasteiger partial charge in [-0.3, -0.25) is 0 Å². The van der Waals surface area contributed by atoms with E-state index < -0.39 is 48.2 Å². The molecular formula is C15H24ClN3O7. The lowest BCUT2D eigenvalue weighted by Gasteiger charge is -2.30. The lowest BCUT2D eigenvalue weighted by atomic mass is 10.0. The summed E-state index contributed by atoms with van der Waals surface area (Å²) in [4.78, 5) is 23.3. The Morgan fingerprint density at radius 3 is 2.50 bits per heavy atom. The highest BCUT2D eigenvalue weighted by atomic mass is 35.5. The summed E-state index contributed by atoms with van der Waals surface area (Å²) >= 11 is 5.60. The van der Waals surface area contributed by atoms with Gasteiger partial charge in [-0.25, -0.2) is 4.79 Å². The molecule has 0 spiro atoms. The summed E-state index contributed by atoms with van der Waals surface area (Å²) in [7, 11) is 0.